The van der Waals surface area contributed by atoms with Gasteiger partial charge >= 0.3 is 0 Å². The zero-order chi connectivity index (χ0) is 14.9. The minimum absolute atomic E-state index is 0.279. The molecule has 0 aliphatic carbocycles. The highest BCUT2D eigenvalue weighted by atomic mass is 32.1. The number of nitrogens with two attached hydrogens (primary N) is 1. The Morgan fingerprint density at radius 3 is 3.00 bits per heavy atom. The summed E-state index contributed by atoms with van der Waals surface area (Å²) in [5, 5.41) is 7.24. The highest BCUT2D eigenvalue weighted by Gasteiger charge is 2.16. The molecule has 4 rings (SSSR count). The van der Waals surface area contributed by atoms with Gasteiger partial charge in [0.25, 0.3) is 5.19 Å². The Morgan fingerprint density at radius 2 is 2.14 bits per heavy atom. The molecule has 114 valence electrons. The Morgan fingerprint density at radius 1 is 1.27 bits per heavy atom. The molecule has 22 heavy (non-hydrogen) atoms. The predicted molar refractivity (Wildman–Crippen MR) is 89.9 cm³/mol. The average molecular weight is 314 g/mol. The lowest BCUT2D eigenvalue weighted by Crippen LogP contribution is -2.34. The standard InChI is InChI=1S/C16H18N4OS/c17-12-1-2-14-11(9-12)5-8-20(14)15-10-22-16(19-15)21-13-3-6-18-7-4-13/h1-2,5,8-10,13,18H,3-4,6-7,17H2. The Bertz CT molecular complexity index is 788. The molecule has 0 unspecified atom stereocenters. The number of nitrogen functional groups attached to an aromatic ring is 1. The van der Waals surface area contributed by atoms with Gasteiger partial charge < -0.3 is 20.4 Å². The minimum atomic E-state index is 0.279. The number of nitrogens with one attached hydrogen (secondary N) is 1. The first kappa shape index (κ1) is 13.6. The highest BCUT2D eigenvalue weighted by molar-refractivity contribution is 7.11. The van der Waals surface area contributed by atoms with E-state index in [2.05, 4.69) is 20.9 Å². The lowest BCUT2D eigenvalue weighted by Gasteiger charge is -2.22. The number of aromatic nitrogens is 2. The van der Waals surface area contributed by atoms with E-state index >= 15 is 0 Å². The van der Waals surface area contributed by atoms with E-state index in [1.54, 1.807) is 11.3 Å². The molecule has 0 atom stereocenters. The van der Waals surface area contributed by atoms with Crippen LogP contribution in [0, 0.1) is 0 Å². The molecule has 3 heterocycles. The summed E-state index contributed by atoms with van der Waals surface area (Å²) in [6.45, 7) is 2.04. The maximum Gasteiger partial charge on any atom is 0.275 e. The number of benzene rings is 1. The topological polar surface area (TPSA) is 65.1 Å². The van der Waals surface area contributed by atoms with Gasteiger partial charge in [-0.25, -0.2) is 0 Å². The second-order valence-electron chi connectivity index (χ2n) is 5.54. The monoisotopic (exact) mass is 314 g/mol. The van der Waals surface area contributed by atoms with Crippen LogP contribution >= 0.6 is 11.3 Å². The van der Waals surface area contributed by atoms with E-state index in [9.17, 15) is 0 Å². The Kier molecular flexibility index (Phi) is 3.48. The summed E-state index contributed by atoms with van der Waals surface area (Å²) in [6.07, 6.45) is 4.39. The summed E-state index contributed by atoms with van der Waals surface area (Å²) in [7, 11) is 0. The Balaban J connectivity index is 1.59. The number of fused-ring (bicyclic) bond motifs is 1. The van der Waals surface area contributed by atoms with Gasteiger partial charge in [0.2, 0.25) is 0 Å². The first-order valence-electron chi connectivity index (χ1n) is 7.49. The molecule has 0 bridgehead atoms. The van der Waals surface area contributed by atoms with Crippen molar-refractivity contribution < 1.29 is 4.74 Å². The third kappa shape index (κ3) is 2.55. The van der Waals surface area contributed by atoms with Gasteiger partial charge in [-0.05, 0) is 50.2 Å². The summed E-state index contributed by atoms with van der Waals surface area (Å²) in [6, 6.07) is 7.97. The van der Waals surface area contributed by atoms with Crippen LogP contribution in [0.25, 0.3) is 16.7 Å². The first-order chi connectivity index (χ1) is 10.8. The summed E-state index contributed by atoms with van der Waals surface area (Å²) in [5.74, 6) is 0.897. The molecule has 5 nitrogen and oxygen atoms in total. The van der Waals surface area contributed by atoms with E-state index in [0.29, 0.717) is 0 Å². The molecule has 6 heteroatoms. The van der Waals surface area contributed by atoms with Crippen LogP contribution in [-0.2, 0) is 0 Å². The molecule has 0 saturated carbocycles. The van der Waals surface area contributed by atoms with E-state index in [-0.39, 0.29) is 6.10 Å². The lowest BCUT2D eigenvalue weighted by atomic mass is 10.1. The zero-order valence-electron chi connectivity index (χ0n) is 12.2. The number of thiazole rings is 1. The average Bonchev–Trinajstić information content (AvgIpc) is 3.14. The molecule has 0 amide bonds. The molecule has 0 spiro atoms. The number of anilines is 1. The van der Waals surface area contributed by atoms with Crippen LogP contribution in [0.4, 0.5) is 5.69 Å². The maximum absolute atomic E-state index is 6.00. The van der Waals surface area contributed by atoms with Crippen molar-refractivity contribution in [1.82, 2.24) is 14.9 Å². The summed E-state index contributed by atoms with van der Waals surface area (Å²) in [4.78, 5) is 4.63. The quantitative estimate of drug-likeness (QED) is 0.730. The maximum atomic E-state index is 6.00. The molecule has 0 radical (unpaired) electrons. The van der Waals surface area contributed by atoms with Gasteiger partial charge in [0, 0.05) is 22.7 Å². The fourth-order valence-corrected chi connectivity index (χ4v) is 3.54. The van der Waals surface area contributed by atoms with Gasteiger partial charge in [-0.1, -0.05) is 11.3 Å². The molecule has 1 aliphatic rings. The van der Waals surface area contributed by atoms with Crippen LogP contribution < -0.4 is 15.8 Å². The number of piperidine rings is 1. The number of hydrogen-bond donors (Lipinski definition) is 2. The van der Waals surface area contributed by atoms with E-state index in [1.807, 2.05) is 29.8 Å². The normalized spacial score (nSPS) is 16.2. The number of ether oxygens (including phenoxy) is 1. The zero-order valence-corrected chi connectivity index (χ0v) is 13.0. The predicted octanol–water partition coefficient (Wildman–Crippen LogP) is 2.80. The molecule has 3 N–H and O–H groups in total. The smallest absolute Gasteiger partial charge is 0.275 e. The SMILES string of the molecule is Nc1ccc2c(ccn2-c2csc(OC3CCNCC3)n2)c1. The second kappa shape index (κ2) is 5.62. The lowest BCUT2D eigenvalue weighted by molar-refractivity contribution is 0.162. The number of nitrogens with zero attached hydrogens (tertiary/aromatic N) is 2. The molecular formula is C16H18N4OS. The van der Waals surface area contributed by atoms with Crippen molar-refractivity contribution in [2.45, 2.75) is 18.9 Å². The van der Waals surface area contributed by atoms with E-state index in [4.69, 9.17) is 10.5 Å². The second-order valence-corrected chi connectivity index (χ2v) is 6.36. The van der Waals surface area contributed by atoms with Crippen molar-refractivity contribution >= 4 is 27.9 Å². The van der Waals surface area contributed by atoms with Crippen LogP contribution in [-0.4, -0.2) is 28.7 Å². The van der Waals surface area contributed by atoms with Crippen LogP contribution in [0.5, 0.6) is 5.19 Å². The van der Waals surface area contributed by atoms with Crippen LogP contribution in [0.15, 0.2) is 35.8 Å². The third-order valence-corrected chi connectivity index (χ3v) is 4.70. The van der Waals surface area contributed by atoms with Gasteiger partial charge in [-0.2, -0.15) is 4.98 Å². The van der Waals surface area contributed by atoms with Crippen LogP contribution in [0.2, 0.25) is 0 Å². The minimum Gasteiger partial charge on any atom is -0.467 e. The highest BCUT2D eigenvalue weighted by Crippen LogP contribution is 2.27. The molecule has 1 fully saturated rings. The Labute approximate surface area is 132 Å². The molecule has 2 aromatic heterocycles. The van der Waals surface area contributed by atoms with Crippen molar-refractivity contribution in [3.8, 4) is 11.0 Å². The third-order valence-electron chi connectivity index (χ3n) is 3.99. The van der Waals surface area contributed by atoms with Gasteiger partial charge in [0.15, 0.2) is 5.82 Å². The molecule has 1 aliphatic heterocycles. The largest absolute Gasteiger partial charge is 0.467 e. The van der Waals surface area contributed by atoms with Gasteiger partial charge in [-0.15, -0.1) is 0 Å². The Hall–Kier alpha value is -2.05. The van der Waals surface area contributed by atoms with Crippen molar-refractivity contribution in [1.29, 1.82) is 0 Å². The summed E-state index contributed by atoms with van der Waals surface area (Å²) < 4.78 is 8.07. The first-order valence-corrected chi connectivity index (χ1v) is 8.37. The van der Waals surface area contributed by atoms with E-state index in [0.717, 1.165) is 53.5 Å². The van der Waals surface area contributed by atoms with Gasteiger partial charge in [-0.3, -0.25) is 0 Å². The van der Waals surface area contributed by atoms with Gasteiger partial charge in [0.05, 0.1) is 5.52 Å². The van der Waals surface area contributed by atoms with Crippen molar-refractivity contribution in [2.75, 3.05) is 18.8 Å². The molecule has 1 aromatic carbocycles. The fraction of sp³-hybridized carbons (Fsp3) is 0.312. The molecular weight excluding hydrogens is 296 g/mol. The van der Waals surface area contributed by atoms with Crippen LogP contribution in [0.3, 0.4) is 0 Å². The number of hydrogen-bond acceptors (Lipinski definition) is 5. The van der Waals surface area contributed by atoms with Crippen molar-refractivity contribution in [3.05, 3.63) is 35.8 Å². The van der Waals surface area contributed by atoms with E-state index < -0.39 is 0 Å². The molecule has 1 saturated heterocycles. The summed E-state index contributed by atoms with van der Waals surface area (Å²) in [5.41, 5.74) is 7.71. The van der Waals surface area contributed by atoms with Crippen molar-refractivity contribution in [2.24, 2.45) is 0 Å². The fourth-order valence-electron chi connectivity index (χ4n) is 2.83. The number of rotatable bonds is 3. The summed E-state index contributed by atoms with van der Waals surface area (Å²) >= 11 is 1.55. The van der Waals surface area contributed by atoms with Gasteiger partial charge in [0.1, 0.15) is 6.10 Å². The van der Waals surface area contributed by atoms with Crippen molar-refractivity contribution in [3.63, 3.8) is 0 Å². The van der Waals surface area contributed by atoms with E-state index in [1.165, 1.54) is 0 Å². The molecule has 3 aromatic rings. The van der Waals surface area contributed by atoms with Crippen LogP contribution in [0.1, 0.15) is 12.8 Å².